The van der Waals surface area contributed by atoms with Crippen molar-refractivity contribution in [2.24, 2.45) is 5.41 Å². The Morgan fingerprint density at radius 2 is 1.82 bits per heavy atom. The summed E-state index contributed by atoms with van der Waals surface area (Å²) < 4.78 is 30.8. The molecule has 2 fully saturated rings. The van der Waals surface area contributed by atoms with Crippen LogP contribution in [0.2, 0.25) is 10.0 Å². The van der Waals surface area contributed by atoms with E-state index in [0.717, 1.165) is 39.0 Å². The van der Waals surface area contributed by atoms with Crippen molar-refractivity contribution >= 4 is 51.6 Å². The number of rotatable bonds is 7. The maximum absolute atomic E-state index is 13.7. The molecule has 0 bridgehead atoms. The van der Waals surface area contributed by atoms with Crippen LogP contribution < -0.4 is 14.8 Å². The largest absolute Gasteiger partial charge is 0.495 e. The first-order chi connectivity index (χ1) is 24.3. The monoisotopic (exact) mass is 729 g/mol. The normalized spacial score (nSPS) is 15.4. The van der Waals surface area contributed by atoms with Crippen LogP contribution in [0.25, 0.3) is 10.9 Å². The Kier molecular flexibility index (Phi) is 10.5. The van der Waals surface area contributed by atoms with Crippen LogP contribution in [0, 0.1) is 34.4 Å². The molecule has 12 heteroatoms. The lowest BCUT2D eigenvalue weighted by Gasteiger charge is -2.53. The van der Waals surface area contributed by atoms with Crippen LogP contribution in [0.5, 0.6) is 11.5 Å². The molecule has 0 radical (unpaired) electrons. The van der Waals surface area contributed by atoms with Gasteiger partial charge in [-0.25, -0.2) is 9.18 Å². The SMILES string of the molecule is COc1cc2c(Nc3cc(OCc4cccc(F)c4)c(Cl)cc3Cl)c(C#N)cnc2cc1C#CCN1CCC2(CC1)CN(C(=O)OC(C)(C)C)C2. The van der Waals surface area contributed by atoms with Gasteiger partial charge in [-0.15, -0.1) is 0 Å². The van der Waals surface area contributed by atoms with Gasteiger partial charge >= 0.3 is 6.09 Å². The summed E-state index contributed by atoms with van der Waals surface area (Å²) in [4.78, 5) is 21.1. The molecule has 0 atom stereocenters. The molecular weight excluding hydrogens is 692 g/mol. The van der Waals surface area contributed by atoms with Gasteiger partial charge in [0.2, 0.25) is 0 Å². The fourth-order valence-corrected chi connectivity index (χ4v) is 6.82. The van der Waals surface area contributed by atoms with E-state index in [9.17, 15) is 14.4 Å². The quantitative estimate of drug-likeness (QED) is 0.189. The number of pyridine rings is 1. The van der Waals surface area contributed by atoms with E-state index >= 15 is 0 Å². The molecule has 2 aliphatic heterocycles. The van der Waals surface area contributed by atoms with Crippen molar-refractivity contribution in [2.45, 2.75) is 45.8 Å². The van der Waals surface area contributed by atoms with Gasteiger partial charge < -0.3 is 24.4 Å². The minimum atomic E-state index is -0.496. The second-order valence-electron chi connectivity index (χ2n) is 13.9. The number of fused-ring (bicyclic) bond motifs is 1. The van der Waals surface area contributed by atoms with E-state index in [1.807, 2.05) is 26.8 Å². The number of amides is 1. The first-order valence-electron chi connectivity index (χ1n) is 16.6. The Bertz CT molecular complexity index is 2070. The summed E-state index contributed by atoms with van der Waals surface area (Å²) in [6.07, 6.45) is 3.27. The lowest BCUT2D eigenvalue weighted by atomic mass is 9.72. The predicted molar refractivity (Wildman–Crippen MR) is 196 cm³/mol. The molecule has 2 aliphatic rings. The second kappa shape index (κ2) is 14.9. The van der Waals surface area contributed by atoms with E-state index in [-0.39, 0.29) is 29.0 Å². The number of nitriles is 1. The number of nitrogens with one attached hydrogen (secondary N) is 1. The smallest absolute Gasteiger partial charge is 0.410 e. The summed E-state index contributed by atoms with van der Waals surface area (Å²) in [5.74, 6) is 7.06. The van der Waals surface area contributed by atoms with Crippen LogP contribution >= 0.6 is 23.2 Å². The van der Waals surface area contributed by atoms with Crippen molar-refractivity contribution in [3.63, 3.8) is 0 Å². The molecule has 264 valence electrons. The van der Waals surface area contributed by atoms with Crippen molar-refractivity contribution in [3.05, 3.63) is 87.3 Å². The van der Waals surface area contributed by atoms with Gasteiger partial charge in [0.05, 0.1) is 51.7 Å². The van der Waals surface area contributed by atoms with Crippen LogP contribution in [-0.2, 0) is 11.3 Å². The number of hydrogen-bond acceptors (Lipinski definition) is 8. The summed E-state index contributed by atoms with van der Waals surface area (Å²) in [7, 11) is 1.57. The molecule has 6 rings (SSSR count). The number of piperidine rings is 1. The predicted octanol–water partition coefficient (Wildman–Crippen LogP) is 8.57. The summed E-state index contributed by atoms with van der Waals surface area (Å²) in [6, 6.07) is 15.1. The molecule has 1 amide bonds. The van der Waals surface area contributed by atoms with Crippen molar-refractivity contribution in [1.29, 1.82) is 5.26 Å². The fourth-order valence-electron chi connectivity index (χ4n) is 6.33. The molecule has 9 nitrogen and oxygen atoms in total. The lowest BCUT2D eigenvalue weighted by molar-refractivity contribution is -0.0579. The number of carbonyl (C=O) groups excluding carboxylic acids is 1. The van der Waals surface area contributed by atoms with Gasteiger partial charge in [-0.1, -0.05) is 47.2 Å². The Labute approximate surface area is 307 Å². The number of benzene rings is 3. The molecule has 3 aromatic carbocycles. The zero-order valence-electron chi connectivity index (χ0n) is 28.9. The highest BCUT2D eigenvalue weighted by atomic mass is 35.5. The average Bonchev–Trinajstić information content (AvgIpc) is 3.07. The second-order valence-corrected chi connectivity index (χ2v) is 14.8. The number of anilines is 2. The summed E-state index contributed by atoms with van der Waals surface area (Å²) in [5.41, 5.74) is 2.80. The number of aromatic nitrogens is 1. The molecule has 1 N–H and O–H groups in total. The Morgan fingerprint density at radius 1 is 1.06 bits per heavy atom. The number of nitrogens with zero attached hydrogens (tertiary/aromatic N) is 4. The first-order valence-corrected chi connectivity index (χ1v) is 17.3. The highest BCUT2D eigenvalue weighted by Crippen LogP contribution is 2.42. The third-order valence-corrected chi connectivity index (χ3v) is 9.63. The highest BCUT2D eigenvalue weighted by Gasteiger charge is 2.47. The van der Waals surface area contributed by atoms with E-state index in [1.165, 1.54) is 18.3 Å². The topological polar surface area (TPSA) is 100.0 Å². The zero-order chi connectivity index (χ0) is 36.3. The summed E-state index contributed by atoms with van der Waals surface area (Å²) in [6.45, 7) is 9.63. The van der Waals surface area contributed by atoms with Gasteiger partial charge in [0.25, 0.3) is 0 Å². The molecule has 1 aromatic heterocycles. The summed E-state index contributed by atoms with van der Waals surface area (Å²) >= 11 is 13.0. The van der Waals surface area contributed by atoms with E-state index in [2.05, 4.69) is 33.1 Å². The van der Waals surface area contributed by atoms with Gasteiger partial charge in [-0.05, 0) is 82.6 Å². The lowest BCUT2D eigenvalue weighted by Crippen LogP contribution is -2.62. The van der Waals surface area contributed by atoms with Gasteiger partial charge in [0.15, 0.2) is 0 Å². The molecule has 3 heterocycles. The van der Waals surface area contributed by atoms with Crippen molar-refractivity contribution in [2.75, 3.05) is 45.2 Å². The molecule has 0 unspecified atom stereocenters. The van der Waals surface area contributed by atoms with E-state index < -0.39 is 5.60 Å². The van der Waals surface area contributed by atoms with Gasteiger partial charge in [0.1, 0.15) is 35.6 Å². The number of carbonyl (C=O) groups is 1. The minimum absolute atomic E-state index is 0.0916. The number of methoxy groups -OCH3 is 1. The van der Waals surface area contributed by atoms with Crippen LogP contribution in [0.3, 0.4) is 0 Å². The number of halogens is 3. The van der Waals surface area contributed by atoms with Crippen LogP contribution in [0.4, 0.5) is 20.6 Å². The van der Waals surface area contributed by atoms with Crippen molar-refractivity contribution in [3.8, 4) is 29.4 Å². The molecule has 0 saturated carbocycles. The highest BCUT2D eigenvalue weighted by molar-refractivity contribution is 6.37. The number of likely N-dealkylation sites (tertiary alicyclic amines) is 2. The van der Waals surface area contributed by atoms with Crippen LogP contribution in [-0.4, -0.2) is 66.3 Å². The molecule has 2 saturated heterocycles. The van der Waals surface area contributed by atoms with Crippen LogP contribution in [0.15, 0.2) is 54.7 Å². The minimum Gasteiger partial charge on any atom is -0.495 e. The van der Waals surface area contributed by atoms with Gasteiger partial charge in [-0.2, -0.15) is 5.26 Å². The maximum Gasteiger partial charge on any atom is 0.410 e. The molecular formula is C39H38Cl2FN5O4. The number of hydrogen-bond donors (Lipinski definition) is 1. The van der Waals surface area contributed by atoms with E-state index in [4.69, 9.17) is 37.4 Å². The van der Waals surface area contributed by atoms with Crippen molar-refractivity contribution in [1.82, 2.24) is 14.8 Å². The van der Waals surface area contributed by atoms with Gasteiger partial charge in [-0.3, -0.25) is 9.88 Å². The third-order valence-electron chi connectivity index (χ3n) is 9.02. The molecule has 0 aliphatic carbocycles. The standard InChI is InChI=1S/C39H38Cl2FN5O4/c1-38(2,3)51-37(48)47-23-39(24-47)10-13-46(14-11-39)12-6-8-26-16-32-29(17-34(26)49-4)36(27(20-43)21-44-32)45-33-19-35(31(41)18-30(33)40)50-22-25-7-5-9-28(42)15-25/h5,7,9,15-19,21H,10-14,22-24H2,1-4H3,(H,44,45). The van der Waals surface area contributed by atoms with Gasteiger partial charge in [0, 0.05) is 36.2 Å². The Balaban J connectivity index is 1.15. The van der Waals surface area contributed by atoms with Crippen molar-refractivity contribution < 1.29 is 23.4 Å². The Morgan fingerprint density at radius 3 is 2.51 bits per heavy atom. The average molecular weight is 731 g/mol. The van der Waals surface area contributed by atoms with E-state index in [0.29, 0.717) is 62.0 Å². The fraction of sp³-hybridized carbons (Fsp3) is 0.359. The van der Waals surface area contributed by atoms with Crippen LogP contribution in [0.1, 0.15) is 50.3 Å². The molecule has 1 spiro atoms. The molecule has 4 aromatic rings. The molecule has 51 heavy (non-hydrogen) atoms. The first kappa shape index (κ1) is 36.1. The summed E-state index contributed by atoms with van der Waals surface area (Å²) in [5, 5.41) is 14.5. The maximum atomic E-state index is 13.7. The van der Waals surface area contributed by atoms with E-state index in [1.54, 1.807) is 42.3 Å². The zero-order valence-corrected chi connectivity index (χ0v) is 30.4. The number of ether oxygens (including phenoxy) is 3. The third kappa shape index (κ3) is 8.43. The Hall–Kier alpha value is -4.74.